The molecular formula is C24H40N4O. The van der Waals surface area contributed by atoms with Gasteiger partial charge in [-0.3, -0.25) is 9.79 Å². The Balaban J connectivity index is 1.78. The number of hydrogen-bond acceptors (Lipinski definition) is 2. The highest BCUT2D eigenvalue weighted by Crippen LogP contribution is 2.18. The van der Waals surface area contributed by atoms with Gasteiger partial charge in [-0.05, 0) is 31.2 Å². The molecule has 2 rings (SSSR count). The van der Waals surface area contributed by atoms with Crippen molar-refractivity contribution in [2.24, 2.45) is 16.8 Å². The van der Waals surface area contributed by atoms with E-state index in [4.69, 9.17) is 4.99 Å². The van der Waals surface area contributed by atoms with Gasteiger partial charge in [0.05, 0.1) is 0 Å². The highest BCUT2D eigenvalue weighted by molar-refractivity contribution is 5.81. The van der Waals surface area contributed by atoms with E-state index in [1.807, 2.05) is 11.0 Å². The van der Waals surface area contributed by atoms with Gasteiger partial charge in [0, 0.05) is 45.1 Å². The molecule has 2 unspecified atom stereocenters. The van der Waals surface area contributed by atoms with Crippen LogP contribution < -0.4 is 10.6 Å². The molecular weight excluding hydrogens is 360 g/mol. The Morgan fingerprint density at radius 1 is 1.21 bits per heavy atom. The van der Waals surface area contributed by atoms with Crippen LogP contribution in [-0.4, -0.2) is 49.5 Å². The summed E-state index contributed by atoms with van der Waals surface area (Å²) < 4.78 is 0. The van der Waals surface area contributed by atoms with Gasteiger partial charge in [0.25, 0.3) is 0 Å². The number of aliphatic imine (C=N–C) groups is 1. The fourth-order valence-electron chi connectivity index (χ4n) is 3.84. The summed E-state index contributed by atoms with van der Waals surface area (Å²) in [5.41, 5.74) is 1.29. The van der Waals surface area contributed by atoms with Gasteiger partial charge < -0.3 is 15.5 Å². The maximum absolute atomic E-state index is 12.4. The summed E-state index contributed by atoms with van der Waals surface area (Å²) in [5.74, 6) is 2.18. The lowest BCUT2D eigenvalue weighted by atomic mass is 10.00. The van der Waals surface area contributed by atoms with Gasteiger partial charge in [-0.1, -0.05) is 63.4 Å². The van der Waals surface area contributed by atoms with Crippen molar-refractivity contribution in [3.8, 4) is 0 Å². The van der Waals surface area contributed by atoms with E-state index in [2.05, 4.69) is 55.7 Å². The minimum Gasteiger partial charge on any atom is -0.357 e. The minimum absolute atomic E-state index is 0.278. The normalized spacial score (nSPS) is 18.2. The number of carbonyl (C=O) groups is 1. The van der Waals surface area contributed by atoms with Crippen molar-refractivity contribution in [3.05, 3.63) is 35.9 Å². The topological polar surface area (TPSA) is 56.7 Å². The second kappa shape index (κ2) is 13.2. The van der Waals surface area contributed by atoms with Crippen LogP contribution in [0.25, 0.3) is 0 Å². The van der Waals surface area contributed by atoms with E-state index in [0.29, 0.717) is 18.3 Å². The van der Waals surface area contributed by atoms with Crippen LogP contribution >= 0.6 is 0 Å². The molecule has 1 aromatic carbocycles. The molecule has 162 valence electrons. The number of carbonyl (C=O) groups excluding carboxylic acids is 1. The van der Waals surface area contributed by atoms with Crippen molar-refractivity contribution in [2.75, 3.05) is 32.7 Å². The second-order valence-corrected chi connectivity index (χ2v) is 8.16. The fourth-order valence-corrected chi connectivity index (χ4v) is 3.84. The summed E-state index contributed by atoms with van der Waals surface area (Å²) >= 11 is 0. The number of unbranched alkanes of at least 4 members (excludes halogenated alkanes) is 1. The number of hydrogen-bond donors (Lipinski definition) is 2. The molecule has 1 fully saturated rings. The Morgan fingerprint density at radius 3 is 2.69 bits per heavy atom. The molecule has 1 amide bonds. The highest BCUT2D eigenvalue weighted by atomic mass is 16.2. The van der Waals surface area contributed by atoms with Gasteiger partial charge >= 0.3 is 0 Å². The Labute approximate surface area is 177 Å². The number of guanidine groups is 1. The molecule has 0 aromatic heterocycles. The first kappa shape index (κ1) is 23.2. The Bertz CT molecular complexity index is 617. The summed E-state index contributed by atoms with van der Waals surface area (Å²) in [6.07, 6.45) is 6.51. The van der Waals surface area contributed by atoms with Crippen molar-refractivity contribution < 1.29 is 4.79 Å². The molecule has 5 heteroatoms. The number of nitrogens with zero attached hydrogens (tertiary/aromatic N) is 2. The third kappa shape index (κ3) is 8.46. The van der Waals surface area contributed by atoms with Crippen LogP contribution in [0, 0.1) is 11.8 Å². The van der Waals surface area contributed by atoms with Gasteiger partial charge in [-0.2, -0.15) is 0 Å². The SMILES string of the molecule is CCCCC(CC)CN=C(NCC)NCC1CC(=O)N(CCc2ccccc2)C1. The van der Waals surface area contributed by atoms with Gasteiger partial charge in [-0.15, -0.1) is 0 Å². The summed E-state index contributed by atoms with van der Waals surface area (Å²) in [6, 6.07) is 10.4. The van der Waals surface area contributed by atoms with Crippen LogP contribution in [0.4, 0.5) is 0 Å². The second-order valence-electron chi connectivity index (χ2n) is 8.16. The molecule has 0 radical (unpaired) electrons. The first-order chi connectivity index (χ1) is 14.2. The molecule has 1 aliphatic rings. The van der Waals surface area contributed by atoms with E-state index in [1.54, 1.807) is 0 Å². The fraction of sp³-hybridized carbons (Fsp3) is 0.667. The number of nitrogens with one attached hydrogen (secondary N) is 2. The number of benzene rings is 1. The molecule has 0 spiro atoms. The predicted molar refractivity (Wildman–Crippen MR) is 122 cm³/mol. The van der Waals surface area contributed by atoms with Crippen molar-refractivity contribution in [1.29, 1.82) is 0 Å². The molecule has 29 heavy (non-hydrogen) atoms. The number of likely N-dealkylation sites (tertiary alicyclic amines) is 1. The van der Waals surface area contributed by atoms with E-state index in [-0.39, 0.29) is 5.91 Å². The van der Waals surface area contributed by atoms with Gasteiger partial charge in [0.1, 0.15) is 0 Å². The van der Waals surface area contributed by atoms with Crippen molar-refractivity contribution in [1.82, 2.24) is 15.5 Å². The third-order valence-corrected chi connectivity index (χ3v) is 5.76. The molecule has 1 aliphatic heterocycles. The lowest BCUT2D eigenvalue weighted by Gasteiger charge is -2.18. The molecule has 1 saturated heterocycles. The number of rotatable bonds is 12. The lowest BCUT2D eigenvalue weighted by Crippen LogP contribution is -2.40. The van der Waals surface area contributed by atoms with E-state index in [0.717, 1.165) is 45.1 Å². The van der Waals surface area contributed by atoms with Gasteiger partial charge in [0.15, 0.2) is 5.96 Å². The Morgan fingerprint density at radius 2 is 2.00 bits per heavy atom. The maximum Gasteiger partial charge on any atom is 0.223 e. The minimum atomic E-state index is 0.278. The summed E-state index contributed by atoms with van der Waals surface area (Å²) in [6.45, 7) is 10.8. The van der Waals surface area contributed by atoms with E-state index < -0.39 is 0 Å². The summed E-state index contributed by atoms with van der Waals surface area (Å²) in [5, 5.41) is 6.82. The van der Waals surface area contributed by atoms with Crippen LogP contribution in [-0.2, 0) is 11.2 Å². The Kier molecular flexibility index (Phi) is 10.6. The zero-order valence-corrected chi connectivity index (χ0v) is 18.6. The standard InChI is InChI=1S/C24H40N4O/c1-4-7-11-20(5-2)17-26-24(25-6-3)27-18-22-16-23(29)28(19-22)15-14-21-12-9-8-10-13-21/h8-10,12-13,20,22H,4-7,11,14-19H2,1-3H3,(H2,25,26,27). The quantitative estimate of drug-likeness (QED) is 0.414. The third-order valence-electron chi connectivity index (χ3n) is 5.76. The molecule has 5 nitrogen and oxygen atoms in total. The molecule has 2 atom stereocenters. The van der Waals surface area contributed by atoms with E-state index in [9.17, 15) is 4.79 Å². The summed E-state index contributed by atoms with van der Waals surface area (Å²) in [4.78, 5) is 19.2. The molecule has 0 bridgehead atoms. The van der Waals surface area contributed by atoms with E-state index in [1.165, 1.54) is 31.2 Å². The first-order valence-corrected chi connectivity index (χ1v) is 11.5. The van der Waals surface area contributed by atoms with Crippen LogP contribution in [0.1, 0.15) is 58.4 Å². The van der Waals surface area contributed by atoms with Crippen LogP contribution in [0.2, 0.25) is 0 Å². The van der Waals surface area contributed by atoms with Crippen molar-refractivity contribution >= 4 is 11.9 Å². The molecule has 2 N–H and O–H groups in total. The monoisotopic (exact) mass is 400 g/mol. The highest BCUT2D eigenvalue weighted by Gasteiger charge is 2.29. The average molecular weight is 401 g/mol. The molecule has 1 aromatic rings. The lowest BCUT2D eigenvalue weighted by molar-refractivity contribution is -0.127. The van der Waals surface area contributed by atoms with Gasteiger partial charge in [0.2, 0.25) is 5.91 Å². The number of amides is 1. The van der Waals surface area contributed by atoms with E-state index >= 15 is 0 Å². The molecule has 0 saturated carbocycles. The first-order valence-electron chi connectivity index (χ1n) is 11.5. The van der Waals surface area contributed by atoms with Crippen LogP contribution in [0.3, 0.4) is 0 Å². The van der Waals surface area contributed by atoms with Gasteiger partial charge in [-0.25, -0.2) is 0 Å². The van der Waals surface area contributed by atoms with Crippen LogP contribution in [0.5, 0.6) is 0 Å². The summed E-state index contributed by atoms with van der Waals surface area (Å²) in [7, 11) is 0. The largest absolute Gasteiger partial charge is 0.357 e. The smallest absolute Gasteiger partial charge is 0.223 e. The van der Waals surface area contributed by atoms with Crippen LogP contribution in [0.15, 0.2) is 35.3 Å². The molecule has 0 aliphatic carbocycles. The maximum atomic E-state index is 12.4. The predicted octanol–water partition coefficient (Wildman–Crippen LogP) is 3.85. The zero-order chi connectivity index (χ0) is 20.9. The average Bonchev–Trinajstić information content (AvgIpc) is 3.10. The van der Waals surface area contributed by atoms with Crippen molar-refractivity contribution in [3.63, 3.8) is 0 Å². The zero-order valence-electron chi connectivity index (χ0n) is 18.6. The van der Waals surface area contributed by atoms with Crippen molar-refractivity contribution in [2.45, 2.75) is 59.3 Å². The Hall–Kier alpha value is -2.04. The molecule has 1 heterocycles.